The first-order valence-electron chi connectivity index (χ1n) is 5.54. The van der Waals surface area contributed by atoms with Gasteiger partial charge in [0.05, 0.1) is 11.4 Å². The van der Waals surface area contributed by atoms with E-state index in [1.807, 2.05) is 0 Å². The van der Waals surface area contributed by atoms with Crippen LogP contribution in [0.3, 0.4) is 0 Å². The van der Waals surface area contributed by atoms with Crippen LogP contribution in [-0.2, 0) is 4.79 Å². The highest BCUT2D eigenvalue weighted by atomic mass is 32.2. The summed E-state index contributed by atoms with van der Waals surface area (Å²) in [4.78, 5) is 15.8. The summed E-state index contributed by atoms with van der Waals surface area (Å²) in [6.45, 7) is 0. The molecule has 1 aromatic carbocycles. The Bertz CT molecular complexity index is 592. The largest absolute Gasteiger partial charge is 0.397 e. The summed E-state index contributed by atoms with van der Waals surface area (Å²) in [6.07, 6.45) is 1.61. The predicted molar refractivity (Wildman–Crippen MR) is 74.4 cm³/mol. The second kappa shape index (κ2) is 6.19. The van der Waals surface area contributed by atoms with E-state index in [0.29, 0.717) is 16.4 Å². The van der Waals surface area contributed by atoms with Crippen molar-refractivity contribution >= 4 is 29.0 Å². The molecule has 98 valence electrons. The van der Waals surface area contributed by atoms with Crippen LogP contribution in [0.25, 0.3) is 0 Å². The zero-order valence-corrected chi connectivity index (χ0v) is 10.8. The van der Waals surface area contributed by atoms with Crippen molar-refractivity contribution in [1.82, 2.24) is 4.98 Å². The van der Waals surface area contributed by atoms with E-state index in [1.165, 1.54) is 30.0 Å². The number of hydrogen-bond donors (Lipinski definition) is 2. The minimum absolute atomic E-state index is 0.164. The van der Waals surface area contributed by atoms with Gasteiger partial charge in [0.25, 0.3) is 0 Å². The lowest BCUT2D eigenvalue weighted by atomic mass is 10.3. The Morgan fingerprint density at radius 1 is 1.37 bits per heavy atom. The minimum Gasteiger partial charge on any atom is -0.397 e. The summed E-state index contributed by atoms with van der Waals surface area (Å²) in [5.41, 5.74) is 6.68. The molecule has 19 heavy (non-hydrogen) atoms. The van der Waals surface area contributed by atoms with Crippen LogP contribution >= 0.6 is 11.8 Å². The first kappa shape index (κ1) is 13.4. The van der Waals surface area contributed by atoms with Gasteiger partial charge in [-0.1, -0.05) is 17.8 Å². The van der Waals surface area contributed by atoms with Crippen LogP contribution in [0, 0.1) is 5.82 Å². The molecule has 0 spiro atoms. The lowest BCUT2D eigenvalue weighted by molar-refractivity contribution is -0.113. The highest BCUT2D eigenvalue weighted by Gasteiger charge is 2.06. The van der Waals surface area contributed by atoms with Crippen molar-refractivity contribution < 1.29 is 9.18 Å². The molecule has 2 aromatic rings. The first-order valence-corrected chi connectivity index (χ1v) is 6.52. The van der Waals surface area contributed by atoms with Gasteiger partial charge < -0.3 is 11.1 Å². The molecule has 0 radical (unpaired) electrons. The van der Waals surface area contributed by atoms with Gasteiger partial charge in [-0.05, 0) is 30.3 Å². The predicted octanol–water partition coefficient (Wildman–Crippen LogP) is 2.53. The molecular formula is C13H12FN3OS. The Kier molecular flexibility index (Phi) is 4.35. The van der Waals surface area contributed by atoms with E-state index in [1.54, 1.807) is 24.4 Å². The summed E-state index contributed by atoms with van der Waals surface area (Å²) >= 11 is 1.24. The van der Waals surface area contributed by atoms with Crippen molar-refractivity contribution in [2.75, 3.05) is 16.8 Å². The fraction of sp³-hybridized carbons (Fsp3) is 0.0769. The molecule has 1 amide bonds. The number of nitrogens with two attached hydrogens (primary N) is 1. The number of hydrogen-bond acceptors (Lipinski definition) is 4. The molecule has 1 heterocycles. The van der Waals surface area contributed by atoms with E-state index in [4.69, 9.17) is 5.73 Å². The molecule has 4 nitrogen and oxygen atoms in total. The second-order valence-electron chi connectivity index (χ2n) is 3.74. The molecule has 0 unspecified atom stereocenters. The van der Waals surface area contributed by atoms with Crippen LogP contribution < -0.4 is 11.1 Å². The molecule has 3 N–H and O–H groups in total. The maximum atomic E-state index is 12.9. The highest BCUT2D eigenvalue weighted by molar-refractivity contribution is 8.00. The molecular weight excluding hydrogens is 265 g/mol. The third-order valence-corrected chi connectivity index (χ3v) is 3.27. The maximum Gasteiger partial charge on any atom is 0.234 e. The Balaban J connectivity index is 1.90. The Hall–Kier alpha value is -2.08. The standard InChI is InChI=1S/C13H12FN3OS/c14-9-3-1-4-10(7-9)17-12(18)8-19-13-11(15)5-2-6-16-13/h1-7H,8,15H2,(H,17,18). The van der Waals surface area contributed by atoms with Crippen molar-refractivity contribution in [3.63, 3.8) is 0 Å². The number of rotatable bonds is 4. The zero-order chi connectivity index (χ0) is 13.7. The normalized spacial score (nSPS) is 10.2. The van der Waals surface area contributed by atoms with E-state index >= 15 is 0 Å². The van der Waals surface area contributed by atoms with Crippen molar-refractivity contribution in [2.24, 2.45) is 0 Å². The maximum absolute atomic E-state index is 12.9. The van der Waals surface area contributed by atoms with Crippen LogP contribution in [0.2, 0.25) is 0 Å². The van der Waals surface area contributed by atoms with Gasteiger partial charge in [0.2, 0.25) is 5.91 Å². The molecule has 0 aliphatic carbocycles. The van der Waals surface area contributed by atoms with Crippen molar-refractivity contribution in [3.05, 3.63) is 48.4 Å². The van der Waals surface area contributed by atoms with Gasteiger partial charge in [-0.15, -0.1) is 0 Å². The topological polar surface area (TPSA) is 68.0 Å². The number of anilines is 2. The number of benzene rings is 1. The second-order valence-corrected chi connectivity index (χ2v) is 4.71. The van der Waals surface area contributed by atoms with Crippen molar-refractivity contribution in [2.45, 2.75) is 5.03 Å². The van der Waals surface area contributed by atoms with E-state index in [2.05, 4.69) is 10.3 Å². The van der Waals surface area contributed by atoms with E-state index in [-0.39, 0.29) is 17.5 Å². The fourth-order valence-electron chi connectivity index (χ4n) is 1.42. The van der Waals surface area contributed by atoms with Gasteiger partial charge in [-0.25, -0.2) is 9.37 Å². The quantitative estimate of drug-likeness (QED) is 0.843. The fourth-order valence-corrected chi connectivity index (χ4v) is 2.13. The van der Waals surface area contributed by atoms with Crippen LogP contribution in [0.5, 0.6) is 0 Å². The highest BCUT2D eigenvalue weighted by Crippen LogP contribution is 2.21. The minimum atomic E-state index is -0.389. The number of thioether (sulfide) groups is 1. The van der Waals surface area contributed by atoms with Crippen LogP contribution in [0.1, 0.15) is 0 Å². The Labute approximate surface area is 114 Å². The Morgan fingerprint density at radius 2 is 2.21 bits per heavy atom. The molecule has 0 bridgehead atoms. The lowest BCUT2D eigenvalue weighted by Crippen LogP contribution is -2.14. The average molecular weight is 277 g/mol. The smallest absolute Gasteiger partial charge is 0.234 e. The molecule has 0 fully saturated rings. The number of nitrogens with zero attached hydrogens (tertiary/aromatic N) is 1. The molecule has 0 saturated carbocycles. The number of halogens is 1. The van der Waals surface area contributed by atoms with Crippen LogP contribution in [0.15, 0.2) is 47.6 Å². The van der Waals surface area contributed by atoms with E-state index < -0.39 is 0 Å². The van der Waals surface area contributed by atoms with Gasteiger partial charge in [-0.3, -0.25) is 4.79 Å². The molecule has 2 rings (SSSR count). The monoisotopic (exact) mass is 277 g/mol. The van der Waals surface area contributed by atoms with Crippen molar-refractivity contribution in [1.29, 1.82) is 0 Å². The Morgan fingerprint density at radius 3 is 2.95 bits per heavy atom. The average Bonchev–Trinajstić information content (AvgIpc) is 2.38. The molecule has 0 saturated heterocycles. The summed E-state index contributed by atoms with van der Waals surface area (Å²) in [7, 11) is 0. The lowest BCUT2D eigenvalue weighted by Gasteiger charge is -2.06. The van der Waals surface area contributed by atoms with Gasteiger partial charge in [0.1, 0.15) is 10.8 Å². The van der Waals surface area contributed by atoms with Gasteiger partial charge >= 0.3 is 0 Å². The first-order chi connectivity index (χ1) is 9.15. The van der Waals surface area contributed by atoms with Crippen molar-refractivity contribution in [3.8, 4) is 0 Å². The van der Waals surface area contributed by atoms with Gasteiger partial charge in [0.15, 0.2) is 0 Å². The molecule has 6 heteroatoms. The van der Waals surface area contributed by atoms with Crippen LogP contribution in [-0.4, -0.2) is 16.6 Å². The van der Waals surface area contributed by atoms with Gasteiger partial charge in [-0.2, -0.15) is 0 Å². The third kappa shape index (κ3) is 3.96. The molecule has 1 aromatic heterocycles. The number of nitrogen functional groups attached to an aromatic ring is 1. The summed E-state index contributed by atoms with van der Waals surface area (Å²) in [5, 5.41) is 3.21. The summed E-state index contributed by atoms with van der Waals surface area (Å²) < 4.78 is 12.9. The van der Waals surface area contributed by atoms with Crippen LogP contribution in [0.4, 0.5) is 15.8 Å². The third-order valence-electron chi connectivity index (χ3n) is 2.25. The van der Waals surface area contributed by atoms with Gasteiger partial charge in [0, 0.05) is 11.9 Å². The molecule has 0 atom stereocenters. The number of pyridine rings is 1. The summed E-state index contributed by atoms with van der Waals surface area (Å²) in [6, 6.07) is 9.19. The summed E-state index contributed by atoms with van der Waals surface area (Å²) in [5.74, 6) is -0.461. The molecule has 0 aliphatic heterocycles. The number of carbonyl (C=O) groups is 1. The number of nitrogens with one attached hydrogen (secondary N) is 1. The zero-order valence-electron chi connectivity index (χ0n) is 9.97. The van der Waals surface area contributed by atoms with E-state index in [9.17, 15) is 9.18 Å². The number of carbonyl (C=O) groups excluding carboxylic acids is 1. The van der Waals surface area contributed by atoms with E-state index in [0.717, 1.165) is 0 Å². The molecule has 0 aliphatic rings. The number of aromatic nitrogens is 1. The number of amides is 1. The SMILES string of the molecule is Nc1cccnc1SCC(=O)Nc1cccc(F)c1.